The molecular formula is C15H20OS. The molecule has 0 amide bonds. The van der Waals surface area contributed by atoms with Crippen molar-refractivity contribution in [3.63, 3.8) is 0 Å². The highest BCUT2D eigenvalue weighted by Crippen LogP contribution is 2.35. The van der Waals surface area contributed by atoms with Crippen LogP contribution in [0.15, 0.2) is 29.6 Å². The summed E-state index contributed by atoms with van der Waals surface area (Å²) >= 11 is 1.80. The van der Waals surface area contributed by atoms with E-state index in [1.807, 2.05) is 0 Å². The minimum absolute atomic E-state index is 0.0594. The molecule has 92 valence electrons. The van der Waals surface area contributed by atoms with Gasteiger partial charge in [0.15, 0.2) is 0 Å². The second-order valence-electron chi connectivity index (χ2n) is 4.80. The molecule has 0 spiro atoms. The van der Waals surface area contributed by atoms with Gasteiger partial charge in [-0.05, 0) is 47.1 Å². The summed E-state index contributed by atoms with van der Waals surface area (Å²) in [6, 6.07) is 8.54. The zero-order chi connectivity index (χ0) is 12.3. The average molecular weight is 248 g/mol. The topological polar surface area (TPSA) is 20.2 Å². The van der Waals surface area contributed by atoms with Crippen LogP contribution in [0.1, 0.15) is 32.3 Å². The highest BCUT2D eigenvalue weighted by molar-refractivity contribution is 7.17. The molecule has 0 unspecified atom stereocenters. The first-order chi connectivity index (χ1) is 8.24. The van der Waals surface area contributed by atoms with Crippen molar-refractivity contribution >= 4 is 21.4 Å². The Hall–Kier alpha value is -0.860. The van der Waals surface area contributed by atoms with Crippen molar-refractivity contribution in [2.24, 2.45) is 5.41 Å². The van der Waals surface area contributed by atoms with Gasteiger partial charge in [-0.25, -0.2) is 0 Å². The predicted octanol–water partition coefficient (Wildman–Crippen LogP) is 4.24. The third-order valence-electron chi connectivity index (χ3n) is 3.96. The number of hydrogen-bond donors (Lipinski definition) is 1. The highest BCUT2D eigenvalue weighted by Gasteiger charge is 2.26. The first kappa shape index (κ1) is 12.6. The van der Waals surface area contributed by atoms with Crippen molar-refractivity contribution in [3.05, 3.63) is 35.2 Å². The molecule has 0 radical (unpaired) electrons. The van der Waals surface area contributed by atoms with E-state index in [0.717, 1.165) is 19.3 Å². The summed E-state index contributed by atoms with van der Waals surface area (Å²) in [6.45, 7) is 4.63. The molecule has 17 heavy (non-hydrogen) atoms. The Kier molecular flexibility index (Phi) is 3.85. The highest BCUT2D eigenvalue weighted by atomic mass is 32.1. The van der Waals surface area contributed by atoms with Crippen LogP contribution in [0, 0.1) is 5.41 Å². The number of rotatable bonds is 5. The minimum atomic E-state index is 0.0594. The van der Waals surface area contributed by atoms with Crippen LogP contribution in [-0.2, 0) is 6.42 Å². The second-order valence-corrected chi connectivity index (χ2v) is 5.71. The largest absolute Gasteiger partial charge is 0.396 e. The van der Waals surface area contributed by atoms with E-state index in [9.17, 15) is 5.11 Å². The Morgan fingerprint density at radius 3 is 2.53 bits per heavy atom. The zero-order valence-corrected chi connectivity index (χ0v) is 11.4. The fraction of sp³-hybridized carbons (Fsp3) is 0.467. The Morgan fingerprint density at radius 1 is 1.18 bits per heavy atom. The SMILES string of the molecule is CCC(CC)(CO)Cc1csc2ccccc12. The maximum Gasteiger partial charge on any atom is 0.0490 e. The van der Waals surface area contributed by atoms with E-state index in [0.29, 0.717) is 0 Å². The Labute approximate surface area is 107 Å². The number of hydrogen-bond acceptors (Lipinski definition) is 2. The lowest BCUT2D eigenvalue weighted by Gasteiger charge is -2.29. The van der Waals surface area contributed by atoms with E-state index in [1.165, 1.54) is 15.6 Å². The van der Waals surface area contributed by atoms with Crippen molar-refractivity contribution in [2.45, 2.75) is 33.1 Å². The van der Waals surface area contributed by atoms with E-state index < -0.39 is 0 Å². The number of aliphatic hydroxyl groups is 1. The van der Waals surface area contributed by atoms with Gasteiger partial charge in [0.1, 0.15) is 0 Å². The van der Waals surface area contributed by atoms with Gasteiger partial charge in [-0.3, -0.25) is 0 Å². The molecule has 2 heteroatoms. The quantitative estimate of drug-likeness (QED) is 0.839. The molecule has 1 nitrogen and oxygen atoms in total. The molecule has 0 saturated carbocycles. The van der Waals surface area contributed by atoms with Gasteiger partial charge in [0.25, 0.3) is 0 Å². The fourth-order valence-electron chi connectivity index (χ4n) is 2.35. The van der Waals surface area contributed by atoms with Crippen LogP contribution in [0.2, 0.25) is 0 Å². The van der Waals surface area contributed by atoms with Gasteiger partial charge in [-0.15, -0.1) is 11.3 Å². The molecule has 1 aromatic heterocycles. The molecule has 0 fully saturated rings. The molecule has 2 rings (SSSR count). The summed E-state index contributed by atoms with van der Waals surface area (Å²) in [5.41, 5.74) is 1.45. The van der Waals surface area contributed by atoms with Gasteiger partial charge in [-0.1, -0.05) is 32.0 Å². The van der Waals surface area contributed by atoms with E-state index in [-0.39, 0.29) is 12.0 Å². The third-order valence-corrected chi connectivity index (χ3v) is 4.97. The Balaban J connectivity index is 2.34. The van der Waals surface area contributed by atoms with Crippen molar-refractivity contribution < 1.29 is 5.11 Å². The summed E-state index contributed by atoms with van der Waals surface area (Å²) in [7, 11) is 0. The van der Waals surface area contributed by atoms with Crippen molar-refractivity contribution in [1.82, 2.24) is 0 Å². The summed E-state index contributed by atoms with van der Waals surface area (Å²) < 4.78 is 1.35. The fourth-order valence-corrected chi connectivity index (χ4v) is 3.32. The monoisotopic (exact) mass is 248 g/mol. The van der Waals surface area contributed by atoms with Crippen LogP contribution in [0.4, 0.5) is 0 Å². The van der Waals surface area contributed by atoms with Crippen LogP contribution in [0.5, 0.6) is 0 Å². The standard InChI is InChI=1S/C15H20OS/c1-3-15(4-2,11-16)9-12-10-17-14-8-6-5-7-13(12)14/h5-8,10,16H,3-4,9,11H2,1-2H3. The molecule has 0 saturated heterocycles. The van der Waals surface area contributed by atoms with Crippen molar-refractivity contribution in [1.29, 1.82) is 0 Å². The minimum Gasteiger partial charge on any atom is -0.396 e. The Morgan fingerprint density at radius 2 is 1.88 bits per heavy atom. The van der Waals surface area contributed by atoms with Gasteiger partial charge >= 0.3 is 0 Å². The number of fused-ring (bicyclic) bond motifs is 1. The maximum absolute atomic E-state index is 9.65. The van der Waals surface area contributed by atoms with E-state index in [1.54, 1.807) is 11.3 Å². The smallest absolute Gasteiger partial charge is 0.0490 e. The van der Waals surface area contributed by atoms with Gasteiger partial charge in [0.05, 0.1) is 0 Å². The predicted molar refractivity (Wildman–Crippen MR) is 75.6 cm³/mol. The maximum atomic E-state index is 9.65. The molecule has 0 aliphatic heterocycles. The van der Waals surface area contributed by atoms with Gasteiger partial charge in [-0.2, -0.15) is 0 Å². The van der Waals surface area contributed by atoms with Crippen molar-refractivity contribution in [2.75, 3.05) is 6.61 Å². The van der Waals surface area contributed by atoms with Crippen molar-refractivity contribution in [3.8, 4) is 0 Å². The molecule has 2 aromatic rings. The van der Waals surface area contributed by atoms with E-state index in [2.05, 4.69) is 43.5 Å². The molecule has 0 aliphatic carbocycles. The molecule has 0 atom stereocenters. The first-order valence-electron chi connectivity index (χ1n) is 6.30. The Bertz CT molecular complexity index is 474. The number of benzene rings is 1. The summed E-state index contributed by atoms with van der Waals surface area (Å²) in [5.74, 6) is 0. The summed E-state index contributed by atoms with van der Waals surface area (Å²) in [4.78, 5) is 0. The number of aliphatic hydroxyl groups excluding tert-OH is 1. The van der Waals surface area contributed by atoms with Crippen LogP contribution < -0.4 is 0 Å². The number of thiophene rings is 1. The third kappa shape index (κ3) is 2.38. The molecule has 0 aliphatic rings. The lowest BCUT2D eigenvalue weighted by molar-refractivity contribution is 0.115. The summed E-state index contributed by atoms with van der Waals surface area (Å²) in [6.07, 6.45) is 3.05. The molecule has 0 bridgehead atoms. The van der Waals surface area contributed by atoms with Gasteiger partial charge in [0.2, 0.25) is 0 Å². The van der Waals surface area contributed by atoms with Gasteiger partial charge < -0.3 is 5.11 Å². The summed E-state index contributed by atoms with van der Waals surface area (Å²) in [5, 5.41) is 13.3. The van der Waals surface area contributed by atoms with Crippen LogP contribution in [0.3, 0.4) is 0 Å². The zero-order valence-electron chi connectivity index (χ0n) is 10.6. The molecule has 1 heterocycles. The normalized spacial score (nSPS) is 12.2. The first-order valence-corrected chi connectivity index (χ1v) is 7.18. The van der Waals surface area contributed by atoms with Gasteiger partial charge in [0, 0.05) is 11.3 Å². The molecular weight excluding hydrogens is 228 g/mol. The molecule has 1 aromatic carbocycles. The van der Waals surface area contributed by atoms with Crippen LogP contribution in [0.25, 0.3) is 10.1 Å². The van der Waals surface area contributed by atoms with Crippen LogP contribution >= 0.6 is 11.3 Å². The van der Waals surface area contributed by atoms with E-state index >= 15 is 0 Å². The molecule has 1 N–H and O–H groups in total. The lowest BCUT2D eigenvalue weighted by Crippen LogP contribution is -2.26. The second kappa shape index (κ2) is 5.19. The lowest BCUT2D eigenvalue weighted by atomic mass is 9.78. The van der Waals surface area contributed by atoms with E-state index in [4.69, 9.17) is 0 Å². The van der Waals surface area contributed by atoms with Crippen LogP contribution in [-0.4, -0.2) is 11.7 Å². The average Bonchev–Trinajstić information content (AvgIpc) is 2.79.